The Morgan fingerprint density at radius 2 is 1.95 bits per heavy atom. The fourth-order valence-electron chi connectivity index (χ4n) is 1.79. The van der Waals surface area contributed by atoms with E-state index in [1.807, 2.05) is 0 Å². The first kappa shape index (κ1) is 16.6. The maximum Gasteiger partial charge on any atom is 0.411 e. The van der Waals surface area contributed by atoms with Crippen LogP contribution >= 0.6 is 11.6 Å². The molecule has 1 aromatic rings. The number of carbonyl (C=O) groups excluding carboxylic acids is 1. The van der Waals surface area contributed by atoms with Crippen LogP contribution in [0.4, 0.5) is 10.5 Å². The first-order chi connectivity index (χ1) is 9.63. The quantitative estimate of drug-likeness (QED) is 0.527. The van der Waals surface area contributed by atoms with E-state index >= 15 is 0 Å². The fraction of sp³-hybridized carbons (Fsp3) is 0.533. The number of unbranched alkanes of at least 4 members (excludes halogenated alkanes) is 5. The molecule has 0 fully saturated rings. The van der Waals surface area contributed by atoms with E-state index in [9.17, 15) is 9.90 Å². The third-order valence-corrected chi connectivity index (χ3v) is 3.23. The Morgan fingerprint density at radius 1 is 1.25 bits per heavy atom. The molecule has 0 bridgehead atoms. The smallest absolute Gasteiger partial charge is 0.411 e. The number of hydrogen-bond acceptors (Lipinski definition) is 3. The van der Waals surface area contributed by atoms with Gasteiger partial charge in [-0.2, -0.15) is 0 Å². The van der Waals surface area contributed by atoms with Crippen molar-refractivity contribution in [1.29, 1.82) is 0 Å². The van der Waals surface area contributed by atoms with E-state index in [-0.39, 0.29) is 10.8 Å². The lowest BCUT2D eigenvalue weighted by Gasteiger charge is -2.07. The van der Waals surface area contributed by atoms with Gasteiger partial charge in [0.2, 0.25) is 0 Å². The maximum atomic E-state index is 11.5. The van der Waals surface area contributed by atoms with Gasteiger partial charge in [0, 0.05) is 5.69 Å². The van der Waals surface area contributed by atoms with E-state index in [1.54, 1.807) is 6.07 Å². The van der Waals surface area contributed by atoms with Crippen molar-refractivity contribution in [2.45, 2.75) is 45.4 Å². The monoisotopic (exact) mass is 299 g/mol. The van der Waals surface area contributed by atoms with Gasteiger partial charge in [-0.1, -0.05) is 50.6 Å². The van der Waals surface area contributed by atoms with Gasteiger partial charge in [0.1, 0.15) is 5.75 Å². The standard InChI is InChI=1S/C15H22ClNO3/c1-2-3-4-5-6-7-10-20-15(19)17-12-8-9-14(18)13(16)11-12/h8-9,11,18H,2-7,10H2,1H3,(H,17,19). The summed E-state index contributed by atoms with van der Waals surface area (Å²) < 4.78 is 5.07. The second kappa shape index (κ2) is 9.48. The first-order valence-electron chi connectivity index (χ1n) is 7.05. The Labute approximate surface area is 125 Å². The minimum atomic E-state index is -0.500. The van der Waals surface area contributed by atoms with Gasteiger partial charge < -0.3 is 9.84 Å². The molecule has 0 saturated heterocycles. The summed E-state index contributed by atoms with van der Waals surface area (Å²) >= 11 is 5.74. The molecule has 0 aliphatic heterocycles. The van der Waals surface area contributed by atoms with Crippen molar-refractivity contribution in [2.24, 2.45) is 0 Å². The molecule has 112 valence electrons. The van der Waals surface area contributed by atoms with Crippen molar-refractivity contribution >= 4 is 23.4 Å². The van der Waals surface area contributed by atoms with Gasteiger partial charge in [0.25, 0.3) is 0 Å². The molecular formula is C15H22ClNO3. The van der Waals surface area contributed by atoms with Crippen LogP contribution in [0.25, 0.3) is 0 Å². The van der Waals surface area contributed by atoms with E-state index in [0.29, 0.717) is 12.3 Å². The van der Waals surface area contributed by atoms with Gasteiger partial charge in [-0.25, -0.2) is 4.79 Å². The van der Waals surface area contributed by atoms with E-state index in [2.05, 4.69) is 12.2 Å². The molecule has 20 heavy (non-hydrogen) atoms. The van der Waals surface area contributed by atoms with Crippen LogP contribution in [0.3, 0.4) is 0 Å². The molecule has 5 heteroatoms. The number of nitrogens with one attached hydrogen (secondary N) is 1. The molecule has 1 aromatic carbocycles. The van der Waals surface area contributed by atoms with Crippen LogP contribution in [0.15, 0.2) is 18.2 Å². The molecule has 0 aliphatic carbocycles. The molecule has 4 nitrogen and oxygen atoms in total. The molecule has 0 spiro atoms. The third kappa shape index (κ3) is 6.66. The molecule has 0 radical (unpaired) electrons. The highest BCUT2D eigenvalue weighted by molar-refractivity contribution is 6.32. The number of phenolic OH excluding ortho intramolecular Hbond substituents is 1. The summed E-state index contributed by atoms with van der Waals surface area (Å²) in [5.41, 5.74) is 0.501. The summed E-state index contributed by atoms with van der Waals surface area (Å²) in [7, 11) is 0. The molecule has 2 N–H and O–H groups in total. The Hall–Kier alpha value is -1.42. The number of rotatable bonds is 8. The number of ether oxygens (including phenoxy) is 1. The lowest BCUT2D eigenvalue weighted by molar-refractivity contribution is 0.159. The van der Waals surface area contributed by atoms with Gasteiger partial charge in [-0.05, 0) is 24.6 Å². The largest absolute Gasteiger partial charge is 0.506 e. The second-order valence-electron chi connectivity index (χ2n) is 4.69. The number of aromatic hydroxyl groups is 1. The molecule has 1 rings (SSSR count). The lowest BCUT2D eigenvalue weighted by atomic mass is 10.1. The van der Waals surface area contributed by atoms with Crippen LogP contribution in [0.1, 0.15) is 45.4 Å². The fourth-order valence-corrected chi connectivity index (χ4v) is 1.97. The highest BCUT2D eigenvalue weighted by atomic mass is 35.5. The second-order valence-corrected chi connectivity index (χ2v) is 5.10. The predicted octanol–water partition coefficient (Wildman–Crippen LogP) is 4.95. The topological polar surface area (TPSA) is 58.6 Å². The summed E-state index contributed by atoms with van der Waals surface area (Å²) in [6.07, 6.45) is 6.39. The van der Waals surface area contributed by atoms with E-state index in [1.165, 1.54) is 37.8 Å². The van der Waals surface area contributed by atoms with Crippen molar-refractivity contribution < 1.29 is 14.6 Å². The Morgan fingerprint density at radius 3 is 2.65 bits per heavy atom. The number of halogens is 1. The Balaban J connectivity index is 2.15. The van der Waals surface area contributed by atoms with Crippen molar-refractivity contribution in [3.63, 3.8) is 0 Å². The van der Waals surface area contributed by atoms with Crippen molar-refractivity contribution in [2.75, 3.05) is 11.9 Å². The molecule has 0 heterocycles. The molecule has 0 saturated carbocycles. The first-order valence-corrected chi connectivity index (χ1v) is 7.43. The normalized spacial score (nSPS) is 10.3. The number of carbonyl (C=O) groups is 1. The molecule has 0 aromatic heterocycles. The number of amides is 1. The summed E-state index contributed by atoms with van der Waals surface area (Å²) in [6, 6.07) is 4.46. The van der Waals surface area contributed by atoms with Gasteiger partial charge >= 0.3 is 6.09 Å². The zero-order valence-corrected chi connectivity index (χ0v) is 12.6. The van der Waals surface area contributed by atoms with Crippen molar-refractivity contribution in [3.8, 4) is 5.75 Å². The highest BCUT2D eigenvalue weighted by Gasteiger charge is 2.05. The lowest BCUT2D eigenvalue weighted by Crippen LogP contribution is -2.14. The van der Waals surface area contributed by atoms with Crippen LogP contribution in [0, 0.1) is 0 Å². The minimum Gasteiger partial charge on any atom is -0.506 e. The maximum absolute atomic E-state index is 11.5. The number of phenols is 1. The van der Waals surface area contributed by atoms with E-state index in [4.69, 9.17) is 16.3 Å². The van der Waals surface area contributed by atoms with Gasteiger partial charge in [0.05, 0.1) is 11.6 Å². The summed E-state index contributed by atoms with van der Waals surface area (Å²) in [5, 5.41) is 12.0. The van der Waals surface area contributed by atoms with Crippen molar-refractivity contribution in [3.05, 3.63) is 23.2 Å². The number of anilines is 1. The molecule has 1 amide bonds. The van der Waals surface area contributed by atoms with E-state index in [0.717, 1.165) is 12.8 Å². The minimum absolute atomic E-state index is 0.0161. The Kier molecular flexibility index (Phi) is 7.88. The molecule has 0 aliphatic rings. The summed E-state index contributed by atoms with van der Waals surface area (Å²) in [4.78, 5) is 11.5. The molecular weight excluding hydrogens is 278 g/mol. The van der Waals surface area contributed by atoms with Gasteiger partial charge in [0.15, 0.2) is 0 Å². The predicted molar refractivity (Wildman–Crippen MR) is 81.5 cm³/mol. The molecule has 0 unspecified atom stereocenters. The van der Waals surface area contributed by atoms with Gasteiger partial charge in [-0.15, -0.1) is 0 Å². The Bertz CT molecular complexity index is 424. The average molecular weight is 300 g/mol. The molecule has 0 atom stereocenters. The summed E-state index contributed by atoms with van der Waals surface area (Å²) in [5.74, 6) is -0.0161. The van der Waals surface area contributed by atoms with E-state index < -0.39 is 6.09 Å². The third-order valence-electron chi connectivity index (χ3n) is 2.93. The van der Waals surface area contributed by atoms with Crippen LogP contribution in [-0.4, -0.2) is 17.8 Å². The zero-order valence-electron chi connectivity index (χ0n) is 11.8. The average Bonchev–Trinajstić information content (AvgIpc) is 2.42. The number of benzene rings is 1. The van der Waals surface area contributed by atoms with Crippen molar-refractivity contribution in [1.82, 2.24) is 0 Å². The van der Waals surface area contributed by atoms with Crippen LogP contribution in [-0.2, 0) is 4.74 Å². The van der Waals surface area contributed by atoms with Gasteiger partial charge in [-0.3, -0.25) is 5.32 Å². The highest BCUT2D eigenvalue weighted by Crippen LogP contribution is 2.26. The summed E-state index contributed by atoms with van der Waals surface area (Å²) in [6.45, 7) is 2.60. The SMILES string of the molecule is CCCCCCCCOC(=O)Nc1ccc(O)c(Cl)c1. The van der Waals surface area contributed by atoms with Crippen LogP contribution < -0.4 is 5.32 Å². The number of hydrogen-bond donors (Lipinski definition) is 2. The van der Waals surface area contributed by atoms with Crippen LogP contribution in [0.5, 0.6) is 5.75 Å². The van der Waals surface area contributed by atoms with Crippen LogP contribution in [0.2, 0.25) is 5.02 Å². The zero-order chi connectivity index (χ0) is 14.8.